The van der Waals surface area contributed by atoms with Gasteiger partial charge in [-0.25, -0.2) is 9.18 Å². The summed E-state index contributed by atoms with van der Waals surface area (Å²) in [6.07, 6.45) is 4.71. The molecule has 0 aliphatic heterocycles. The molecule has 1 aromatic heterocycles. The van der Waals surface area contributed by atoms with E-state index in [9.17, 15) is 18.8 Å². The van der Waals surface area contributed by atoms with Crippen LogP contribution in [0.25, 0.3) is 0 Å². The highest BCUT2D eigenvalue weighted by Gasteiger charge is 2.22. The largest absolute Gasteiger partial charge is 0.477 e. The van der Waals surface area contributed by atoms with Crippen LogP contribution >= 0.6 is 11.3 Å². The van der Waals surface area contributed by atoms with Crippen LogP contribution in [0.2, 0.25) is 0 Å². The van der Waals surface area contributed by atoms with E-state index in [1.165, 1.54) is 30.3 Å². The first-order valence-corrected chi connectivity index (χ1v) is 9.50. The molecule has 27 heavy (non-hydrogen) atoms. The predicted molar refractivity (Wildman–Crippen MR) is 101 cm³/mol. The third-order valence-electron chi connectivity index (χ3n) is 4.50. The Balaban J connectivity index is 1.69. The number of aromatic carboxylic acids is 1. The Morgan fingerprint density at radius 3 is 2.37 bits per heavy atom. The van der Waals surface area contributed by atoms with Crippen molar-refractivity contribution in [1.29, 1.82) is 0 Å². The molecule has 3 N–H and O–H groups in total. The second-order valence-electron chi connectivity index (χ2n) is 6.44. The molecule has 1 heterocycles. The first-order valence-electron chi connectivity index (χ1n) is 8.69. The van der Waals surface area contributed by atoms with Gasteiger partial charge in [-0.05, 0) is 43.2 Å². The first kappa shape index (κ1) is 19.0. The molecule has 0 radical (unpaired) electrons. The summed E-state index contributed by atoms with van der Waals surface area (Å²) in [7, 11) is 0. The van der Waals surface area contributed by atoms with Crippen LogP contribution < -0.4 is 10.6 Å². The zero-order valence-corrected chi connectivity index (χ0v) is 15.3. The van der Waals surface area contributed by atoms with E-state index in [1.54, 1.807) is 0 Å². The SMILES string of the molecule is O=C(O)c1ccc(C(=O)Nc2ccc(F)c(NC(=O)C3CCCCC3)c2)s1. The zero-order valence-electron chi connectivity index (χ0n) is 14.5. The molecule has 1 saturated carbocycles. The Morgan fingerprint density at radius 1 is 1.00 bits per heavy atom. The first-order chi connectivity index (χ1) is 12.9. The van der Waals surface area contributed by atoms with Crippen molar-refractivity contribution in [2.24, 2.45) is 5.92 Å². The van der Waals surface area contributed by atoms with Crippen LogP contribution in [0.1, 0.15) is 51.4 Å². The highest BCUT2D eigenvalue weighted by Crippen LogP contribution is 2.27. The van der Waals surface area contributed by atoms with E-state index in [1.807, 2.05) is 0 Å². The van der Waals surface area contributed by atoms with Crippen molar-refractivity contribution in [3.8, 4) is 0 Å². The molecule has 0 spiro atoms. The summed E-state index contributed by atoms with van der Waals surface area (Å²) in [4.78, 5) is 35.8. The van der Waals surface area contributed by atoms with E-state index in [-0.39, 0.29) is 27.3 Å². The normalized spacial score (nSPS) is 14.6. The fraction of sp³-hybridized carbons (Fsp3) is 0.316. The minimum absolute atomic E-state index is 0.0146. The smallest absolute Gasteiger partial charge is 0.345 e. The molecular formula is C19H19FN2O4S. The van der Waals surface area contributed by atoms with Crippen molar-refractivity contribution in [3.63, 3.8) is 0 Å². The fourth-order valence-electron chi connectivity index (χ4n) is 3.07. The van der Waals surface area contributed by atoms with Crippen LogP contribution in [-0.2, 0) is 4.79 Å². The molecule has 0 unspecified atom stereocenters. The summed E-state index contributed by atoms with van der Waals surface area (Å²) >= 11 is 0.850. The quantitative estimate of drug-likeness (QED) is 0.707. The molecule has 0 bridgehead atoms. The van der Waals surface area contributed by atoms with Gasteiger partial charge in [-0.15, -0.1) is 11.3 Å². The van der Waals surface area contributed by atoms with Crippen molar-refractivity contribution in [2.75, 3.05) is 10.6 Å². The van der Waals surface area contributed by atoms with Crippen molar-refractivity contribution in [1.82, 2.24) is 0 Å². The van der Waals surface area contributed by atoms with Gasteiger partial charge in [0.15, 0.2) is 0 Å². The van der Waals surface area contributed by atoms with Gasteiger partial charge in [0, 0.05) is 11.6 Å². The summed E-state index contributed by atoms with van der Waals surface area (Å²) in [6, 6.07) is 6.68. The maximum Gasteiger partial charge on any atom is 0.345 e. The molecule has 1 aliphatic carbocycles. The Bertz CT molecular complexity index is 874. The van der Waals surface area contributed by atoms with Gasteiger partial charge in [0.2, 0.25) is 5.91 Å². The number of nitrogens with one attached hydrogen (secondary N) is 2. The molecular weight excluding hydrogens is 371 g/mol. The number of anilines is 2. The zero-order chi connectivity index (χ0) is 19.4. The van der Waals surface area contributed by atoms with E-state index in [2.05, 4.69) is 10.6 Å². The van der Waals surface area contributed by atoms with Gasteiger partial charge in [-0.1, -0.05) is 19.3 Å². The lowest BCUT2D eigenvalue weighted by molar-refractivity contribution is -0.120. The monoisotopic (exact) mass is 390 g/mol. The van der Waals surface area contributed by atoms with E-state index in [4.69, 9.17) is 5.11 Å². The number of carboxylic acid groups (broad SMARTS) is 1. The van der Waals surface area contributed by atoms with Gasteiger partial charge in [0.25, 0.3) is 5.91 Å². The second kappa shape index (κ2) is 8.30. The Morgan fingerprint density at radius 2 is 1.70 bits per heavy atom. The highest BCUT2D eigenvalue weighted by molar-refractivity contribution is 7.15. The van der Waals surface area contributed by atoms with Gasteiger partial charge in [0.05, 0.1) is 10.6 Å². The van der Waals surface area contributed by atoms with Crippen LogP contribution in [-0.4, -0.2) is 22.9 Å². The van der Waals surface area contributed by atoms with Crippen LogP contribution in [0.15, 0.2) is 30.3 Å². The predicted octanol–water partition coefficient (Wildman–Crippen LogP) is 4.36. The molecule has 142 valence electrons. The number of amides is 2. The Hall–Kier alpha value is -2.74. The maximum atomic E-state index is 14.1. The molecule has 1 aliphatic rings. The lowest BCUT2D eigenvalue weighted by Crippen LogP contribution is -2.25. The molecule has 0 atom stereocenters. The molecule has 3 rings (SSSR count). The molecule has 1 aromatic carbocycles. The van der Waals surface area contributed by atoms with Gasteiger partial charge in [-0.3, -0.25) is 9.59 Å². The summed E-state index contributed by atoms with van der Waals surface area (Å²) < 4.78 is 14.1. The number of hydrogen-bond acceptors (Lipinski definition) is 4. The minimum atomic E-state index is -1.10. The summed E-state index contributed by atoms with van der Waals surface area (Å²) in [6.45, 7) is 0. The maximum absolute atomic E-state index is 14.1. The van der Waals surface area contributed by atoms with Crippen molar-refractivity contribution >= 4 is 40.5 Å². The van der Waals surface area contributed by atoms with E-state index in [0.717, 1.165) is 43.4 Å². The average molecular weight is 390 g/mol. The number of rotatable bonds is 5. The molecule has 8 heteroatoms. The average Bonchev–Trinajstić information content (AvgIpc) is 3.16. The Labute approximate surface area is 159 Å². The van der Waals surface area contributed by atoms with E-state index < -0.39 is 17.7 Å². The van der Waals surface area contributed by atoms with Crippen LogP contribution in [0.4, 0.5) is 15.8 Å². The second-order valence-corrected chi connectivity index (χ2v) is 7.53. The molecule has 0 saturated heterocycles. The molecule has 2 amide bonds. The fourth-order valence-corrected chi connectivity index (χ4v) is 3.81. The van der Waals surface area contributed by atoms with Gasteiger partial charge in [-0.2, -0.15) is 0 Å². The van der Waals surface area contributed by atoms with E-state index >= 15 is 0 Å². The molecule has 1 fully saturated rings. The Kier molecular flexibility index (Phi) is 5.85. The number of benzene rings is 1. The lowest BCUT2D eigenvalue weighted by Gasteiger charge is -2.21. The van der Waals surface area contributed by atoms with E-state index in [0.29, 0.717) is 5.69 Å². The topological polar surface area (TPSA) is 95.5 Å². The standard InChI is InChI=1S/C19H19FN2O4S/c20-13-7-6-12(21-18(24)15-8-9-16(27-15)19(25)26)10-14(13)22-17(23)11-4-2-1-3-5-11/h6-11H,1-5H2,(H,21,24)(H,22,23)(H,25,26). The number of carbonyl (C=O) groups excluding carboxylic acids is 2. The highest BCUT2D eigenvalue weighted by atomic mass is 32.1. The minimum Gasteiger partial charge on any atom is -0.477 e. The van der Waals surface area contributed by atoms with Crippen LogP contribution in [0, 0.1) is 11.7 Å². The van der Waals surface area contributed by atoms with Gasteiger partial charge in [0.1, 0.15) is 10.7 Å². The number of carboxylic acids is 1. The third kappa shape index (κ3) is 4.71. The van der Waals surface area contributed by atoms with Crippen molar-refractivity contribution < 1.29 is 23.9 Å². The van der Waals surface area contributed by atoms with Crippen molar-refractivity contribution in [2.45, 2.75) is 32.1 Å². The lowest BCUT2D eigenvalue weighted by atomic mass is 9.88. The number of thiophene rings is 1. The van der Waals surface area contributed by atoms with Crippen LogP contribution in [0.5, 0.6) is 0 Å². The summed E-state index contributed by atoms with van der Waals surface area (Å²) in [5.74, 6) is -2.50. The van der Waals surface area contributed by atoms with Gasteiger partial charge >= 0.3 is 5.97 Å². The van der Waals surface area contributed by atoms with Gasteiger partial charge < -0.3 is 15.7 Å². The third-order valence-corrected chi connectivity index (χ3v) is 5.57. The molecule has 6 nitrogen and oxygen atoms in total. The number of hydrogen-bond donors (Lipinski definition) is 3. The number of halogens is 1. The molecule has 2 aromatic rings. The summed E-state index contributed by atoms with van der Waals surface area (Å²) in [5, 5.41) is 14.1. The number of carbonyl (C=O) groups is 3. The van der Waals surface area contributed by atoms with Crippen LogP contribution in [0.3, 0.4) is 0 Å². The summed E-state index contributed by atoms with van der Waals surface area (Å²) in [5.41, 5.74) is 0.325. The van der Waals surface area contributed by atoms with Crippen molar-refractivity contribution in [3.05, 3.63) is 45.9 Å².